The van der Waals surface area contributed by atoms with Gasteiger partial charge in [-0.3, -0.25) is 0 Å². The van der Waals surface area contributed by atoms with Crippen LogP contribution in [-0.2, 0) is 4.79 Å². The predicted molar refractivity (Wildman–Crippen MR) is 159 cm³/mol. The molecule has 0 aromatic heterocycles. The van der Waals surface area contributed by atoms with E-state index in [0.29, 0.717) is 5.92 Å². The van der Waals surface area contributed by atoms with Crippen LogP contribution < -0.4 is 0 Å². The largest absolute Gasteiger partial charge is 0.400 e. The predicted octanol–water partition coefficient (Wildman–Crippen LogP) is 7.50. The first kappa shape index (κ1) is 37.2. The van der Waals surface area contributed by atoms with Crippen LogP contribution in [0.1, 0.15) is 113 Å². The monoisotopic (exact) mass is 516 g/mol. The molecule has 3 unspecified atom stereocenters. The maximum atomic E-state index is 10.1. The molecule has 3 N–H and O–H groups in total. The van der Waals surface area contributed by atoms with Crippen LogP contribution in [0.2, 0.25) is 0 Å². The number of carbonyl (C=O) groups is 1. The molecule has 37 heavy (non-hydrogen) atoms. The Bertz CT molecular complexity index is 796. The third kappa shape index (κ3) is 13.4. The molecule has 0 aromatic carbocycles. The lowest BCUT2D eigenvalue weighted by molar-refractivity contribution is -0.0980. The van der Waals surface area contributed by atoms with E-state index in [1.54, 1.807) is 26.3 Å². The average molecular weight is 517 g/mol. The van der Waals surface area contributed by atoms with Gasteiger partial charge in [-0.25, -0.2) is 0 Å². The minimum Gasteiger partial charge on any atom is -0.400 e. The van der Waals surface area contributed by atoms with E-state index in [2.05, 4.69) is 57.4 Å². The van der Waals surface area contributed by atoms with Gasteiger partial charge in [-0.15, -0.1) is 5.92 Å². The highest BCUT2D eigenvalue weighted by atomic mass is 16.3. The molecule has 3 rings (SSSR count). The number of aliphatic hydroxyl groups is 3. The van der Waals surface area contributed by atoms with Crippen molar-refractivity contribution in [1.82, 2.24) is 0 Å². The molecule has 0 bridgehead atoms. The molecule has 2 saturated carbocycles. The Labute approximate surface area is 228 Å². The SMILES string of the molecule is C=C1CCCC/C1=C/C=C1\CCCC2(C)C(C(C)O)=CCC12.C=O.CC#CC(C)(C)O.CCCC.CO. The summed E-state index contributed by atoms with van der Waals surface area (Å²) in [7, 11) is 1.00. The van der Waals surface area contributed by atoms with Crippen LogP contribution in [0.25, 0.3) is 0 Å². The molecule has 0 spiro atoms. The van der Waals surface area contributed by atoms with Crippen LogP contribution in [0.4, 0.5) is 0 Å². The van der Waals surface area contributed by atoms with Crippen molar-refractivity contribution < 1.29 is 20.1 Å². The first-order chi connectivity index (χ1) is 17.5. The van der Waals surface area contributed by atoms with Gasteiger partial charge in [0.15, 0.2) is 0 Å². The van der Waals surface area contributed by atoms with E-state index in [1.807, 2.05) is 13.7 Å². The molecule has 0 amide bonds. The van der Waals surface area contributed by atoms with Gasteiger partial charge in [0.1, 0.15) is 12.4 Å². The van der Waals surface area contributed by atoms with Crippen LogP contribution in [-0.4, -0.2) is 40.9 Å². The Morgan fingerprint density at radius 2 is 1.68 bits per heavy atom. The summed E-state index contributed by atoms with van der Waals surface area (Å²) in [5.74, 6) is 5.79. The van der Waals surface area contributed by atoms with Gasteiger partial charge in [-0.1, -0.05) is 75.5 Å². The molecule has 3 atom stereocenters. The van der Waals surface area contributed by atoms with Crippen molar-refractivity contribution in [2.24, 2.45) is 11.3 Å². The molecule has 3 aliphatic carbocycles. The lowest BCUT2D eigenvalue weighted by atomic mass is 9.63. The molecular weight excluding hydrogens is 460 g/mol. The lowest BCUT2D eigenvalue weighted by Gasteiger charge is -2.41. The molecule has 0 radical (unpaired) electrons. The Balaban J connectivity index is 0. The van der Waals surface area contributed by atoms with Crippen molar-refractivity contribution >= 4 is 6.79 Å². The van der Waals surface area contributed by atoms with Gasteiger partial charge in [-0.05, 0) is 102 Å². The minimum absolute atomic E-state index is 0.181. The fraction of sp³-hybridized carbons (Fsp3) is 0.667. The fourth-order valence-corrected chi connectivity index (χ4v) is 5.21. The summed E-state index contributed by atoms with van der Waals surface area (Å²) in [6.07, 6.45) is 19.2. The summed E-state index contributed by atoms with van der Waals surface area (Å²) >= 11 is 0. The van der Waals surface area contributed by atoms with Crippen molar-refractivity contribution in [1.29, 1.82) is 0 Å². The maximum Gasteiger partial charge on any atom is 0.119 e. The summed E-state index contributed by atoms with van der Waals surface area (Å²) in [6.45, 7) is 19.9. The zero-order valence-electron chi connectivity index (χ0n) is 25.1. The van der Waals surface area contributed by atoms with E-state index in [9.17, 15) is 5.11 Å². The number of unbranched alkanes of at least 4 members (excludes halogenated alkanes) is 1. The van der Waals surface area contributed by atoms with Crippen LogP contribution in [0.3, 0.4) is 0 Å². The highest BCUT2D eigenvalue weighted by Crippen LogP contribution is 2.55. The van der Waals surface area contributed by atoms with E-state index >= 15 is 0 Å². The third-order valence-electron chi connectivity index (χ3n) is 7.12. The Hall–Kier alpha value is -1.93. The van der Waals surface area contributed by atoms with Crippen LogP contribution in [0.15, 0.2) is 47.1 Å². The summed E-state index contributed by atoms with van der Waals surface area (Å²) in [5, 5.41) is 25.9. The minimum atomic E-state index is -0.811. The molecular formula is C33H56O4. The second-order valence-electron chi connectivity index (χ2n) is 10.6. The Morgan fingerprint density at radius 1 is 1.11 bits per heavy atom. The van der Waals surface area contributed by atoms with Gasteiger partial charge in [-0.2, -0.15) is 0 Å². The molecule has 4 nitrogen and oxygen atoms in total. The van der Waals surface area contributed by atoms with Crippen LogP contribution >= 0.6 is 0 Å². The summed E-state index contributed by atoms with van der Waals surface area (Å²) in [5.41, 5.74) is 5.04. The summed E-state index contributed by atoms with van der Waals surface area (Å²) in [6, 6.07) is 0. The zero-order valence-corrected chi connectivity index (χ0v) is 25.1. The summed E-state index contributed by atoms with van der Waals surface area (Å²) < 4.78 is 0. The molecule has 0 saturated heterocycles. The van der Waals surface area contributed by atoms with E-state index in [-0.39, 0.29) is 11.5 Å². The first-order valence-electron chi connectivity index (χ1n) is 13.9. The molecule has 3 aliphatic rings. The number of aliphatic hydroxyl groups excluding tert-OH is 2. The Morgan fingerprint density at radius 3 is 2.11 bits per heavy atom. The van der Waals surface area contributed by atoms with Gasteiger partial charge < -0.3 is 20.1 Å². The fourth-order valence-electron chi connectivity index (χ4n) is 5.21. The van der Waals surface area contributed by atoms with Crippen molar-refractivity contribution in [3.63, 3.8) is 0 Å². The molecule has 2 fully saturated rings. The standard InChI is InChI=1S/C21H30O.C6H10O.C4H10.CH4O.CH2O/c1-15-7-4-5-8-17(15)10-11-18-9-6-14-21(3)19(16(2)22)12-13-20(18)21;1-4-5-6(2,3)7;1-3-4-2;2*1-2/h10-12,16,20,22H,1,4-9,13-14H2,2-3H3;7H,1-3H3;3-4H2,1-2H3;2H,1H3;1H2/b17-10-,18-11+;;;;. The van der Waals surface area contributed by atoms with Crippen LogP contribution in [0, 0.1) is 23.2 Å². The van der Waals surface area contributed by atoms with E-state index in [0.717, 1.165) is 13.5 Å². The maximum absolute atomic E-state index is 10.1. The van der Waals surface area contributed by atoms with Gasteiger partial charge in [0, 0.05) is 7.11 Å². The normalized spacial score (nSPS) is 25.1. The van der Waals surface area contributed by atoms with Crippen LogP contribution in [0.5, 0.6) is 0 Å². The number of allylic oxidation sites excluding steroid dienone is 6. The smallest absolute Gasteiger partial charge is 0.119 e. The number of hydrogen-bond acceptors (Lipinski definition) is 4. The van der Waals surface area contributed by atoms with Gasteiger partial charge in [0.05, 0.1) is 6.10 Å². The molecule has 0 aliphatic heterocycles. The number of rotatable bonds is 3. The average Bonchev–Trinajstić information content (AvgIpc) is 3.24. The van der Waals surface area contributed by atoms with E-state index in [4.69, 9.17) is 15.0 Å². The molecule has 212 valence electrons. The Kier molecular flexibility index (Phi) is 20.2. The van der Waals surface area contributed by atoms with Crippen molar-refractivity contribution in [3.05, 3.63) is 47.1 Å². The van der Waals surface area contributed by atoms with Gasteiger partial charge >= 0.3 is 0 Å². The molecule has 0 aromatic rings. The number of hydrogen-bond donors (Lipinski definition) is 3. The van der Waals surface area contributed by atoms with Crippen molar-refractivity contribution in [2.45, 2.75) is 124 Å². The lowest BCUT2D eigenvalue weighted by Crippen LogP contribution is -2.33. The summed E-state index contributed by atoms with van der Waals surface area (Å²) in [4.78, 5) is 8.00. The highest BCUT2D eigenvalue weighted by Gasteiger charge is 2.45. The number of fused-ring (bicyclic) bond motifs is 1. The number of carbonyl (C=O) groups excluding carboxylic acids is 1. The van der Waals surface area contributed by atoms with Crippen molar-refractivity contribution in [2.75, 3.05) is 7.11 Å². The molecule has 4 heteroatoms. The van der Waals surface area contributed by atoms with Gasteiger partial charge in [0.2, 0.25) is 0 Å². The third-order valence-corrected chi connectivity index (χ3v) is 7.12. The first-order valence-corrected chi connectivity index (χ1v) is 13.9. The molecule has 0 heterocycles. The van der Waals surface area contributed by atoms with Gasteiger partial charge in [0.25, 0.3) is 0 Å². The van der Waals surface area contributed by atoms with E-state index < -0.39 is 5.60 Å². The second kappa shape index (κ2) is 20.1. The van der Waals surface area contributed by atoms with E-state index in [1.165, 1.54) is 74.5 Å². The quantitative estimate of drug-likeness (QED) is 0.268. The zero-order chi connectivity index (χ0) is 29.1. The second-order valence-corrected chi connectivity index (χ2v) is 10.6. The highest BCUT2D eigenvalue weighted by molar-refractivity contribution is 5.38. The topological polar surface area (TPSA) is 77.8 Å². The van der Waals surface area contributed by atoms with Crippen molar-refractivity contribution in [3.8, 4) is 11.8 Å².